The Balaban J connectivity index is 3.39. The summed E-state index contributed by atoms with van der Waals surface area (Å²) in [5, 5.41) is 19.1. The van der Waals surface area contributed by atoms with Gasteiger partial charge in [-0.05, 0) is 19.1 Å². The zero-order valence-electron chi connectivity index (χ0n) is 9.12. The molecule has 0 bridgehead atoms. The summed E-state index contributed by atoms with van der Waals surface area (Å²) >= 11 is 0. The number of nitro groups is 1. The van der Waals surface area contributed by atoms with Crippen LogP contribution in [0.1, 0.15) is 6.92 Å². The second-order valence-electron chi connectivity index (χ2n) is 3.32. The number of para-hydroxylation sites is 1. The number of benzene rings is 1. The number of nitriles is 1. The molecule has 1 atom stereocenters. The molecule has 7 nitrogen and oxygen atoms in total. The maximum Gasteiger partial charge on any atom is 0.324 e. The van der Waals surface area contributed by atoms with E-state index >= 15 is 0 Å². The van der Waals surface area contributed by atoms with Crippen LogP contribution in [0.15, 0.2) is 23.1 Å². The highest BCUT2D eigenvalue weighted by Gasteiger charge is 2.30. The van der Waals surface area contributed by atoms with E-state index in [2.05, 4.69) is 0 Å². The van der Waals surface area contributed by atoms with Crippen molar-refractivity contribution in [2.24, 2.45) is 0 Å². The molecule has 0 amide bonds. The van der Waals surface area contributed by atoms with Gasteiger partial charge in [0.15, 0.2) is 4.90 Å². The molecule has 1 rings (SSSR count). The molecule has 0 heterocycles. The van der Waals surface area contributed by atoms with E-state index in [4.69, 9.17) is 5.26 Å². The average molecular weight is 273 g/mol. The van der Waals surface area contributed by atoms with Crippen molar-refractivity contribution < 1.29 is 17.7 Å². The van der Waals surface area contributed by atoms with Crippen molar-refractivity contribution in [3.8, 4) is 6.07 Å². The SMILES string of the molecule is CC(C#N)NS(=O)(=O)c1cccc(F)c1[N+](=O)[O-]. The lowest BCUT2D eigenvalue weighted by Crippen LogP contribution is -2.32. The third kappa shape index (κ3) is 2.79. The normalized spacial score (nSPS) is 12.7. The van der Waals surface area contributed by atoms with Crippen molar-refractivity contribution in [1.29, 1.82) is 5.26 Å². The maximum atomic E-state index is 13.3. The van der Waals surface area contributed by atoms with E-state index in [1.165, 1.54) is 6.92 Å². The lowest BCUT2D eigenvalue weighted by molar-refractivity contribution is -0.390. The lowest BCUT2D eigenvalue weighted by atomic mass is 10.3. The Bertz CT molecular complexity index is 623. The number of hydrogen-bond acceptors (Lipinski definition) is 5. The molecule has 0 saturated carbocycles. The van der Waals surface area contributed by atoms with Gasteiger partial charge >= 0.3 is 5.69 Å². The molecule has 0 radical (unpaired) electrons. The van der Waals surface area contributed by atoms with E-state index in [0.29, 0.717) is 0 Å². The number of hydrogen-bond donors (Lipinski definition) is 1. The molecule has 0 aliphatic heterocycles. The third-order valence-corrected chi connectivity index (χ3v) is 3.52. The van der Waals surface area contributed by atoms with Gasteiger partial charge in [0, 0.05) is 0 Å². The van der Waals surface area contributed by atoms with Gasteiger partial charge in [0.05, 0.1) is 11.0 Å². The molecular weight excluding hydrogens is 265 g/mol. The predicted octanol–water partition coefficient (Wildman–Crippen LogP) is 0.924. The van der Waals surface area contributed by atoms with Crippen LogP contribution < -0.4 is 4.72 Å². The van der Waals surface area contributed by atoms with Crippen molar-refractivity contribution in [3.05, 3.63) is 34.1 Å². The van der Waals surface area contributed by atoms with E-state index in [-0.39, 0.29) is 0 Å². The van der Waals surface area contributed by atoms with Gasteiger partial charge in [-0.25, -0.2) is 8.42 Å². The molecule has 9 heteroatoms. The summed E-state index contributed by atoms with van der Waals surface area (Å²) in [5.74, 6) is -1.26. The summed E-state index contributed by atoms with van der Waals surface area (Å²) in [4.78, 5) is 8.72. The summed E-state index contributed by atoms with van der Waals surface area (Å²) < 4.78 is 38.6. The molecule has 0 spiro atoms. The second kappa shape index (κ2) is 5.07. The first-order valence-corrected chi connectivity index (χ1v) is 6.12. The van der Waals surface area contributed by atoms with Crippen LogP contribution in [-0.2, 0) is 10.0 Å². The first-order chi connectivity index (χ1) is 8.29. The van der Waals surface area contributed by atoms with E-state index in [1.54, 1.807) is 6.07 Å². The summed E-state index contributed by atoms with van der Waals surface area (Å²) in [6.07, 6.45) is 0. The zero-order valence-corrected chi connectivity index (χ0v) is 9.94. The molecule has 0 aliphatic rings. The molecular formula is C9H8FN3O4S. The van der Waals surface area contributed by atoms with Gasteiger partial charge < -0.3 is 0 Å². The number of sulfonamides is 1. The molecule has 1 N–H and O–H groups in total. The molecule has 0 aliphatic carbocycles. The van der Waals surface area contributed by atoms with Gasteiger partial charge in [-0.1, -0.05) is 6.07 Å². The maximum absolute atomic E-state index is 13.3. The largest absolute Gasteiger partial charge is 0.324 e. The molecule has 1 aromatic rings. The Kier molecular flexibility index (Phi) is 3.95. The van der Waals surface area contributed by atoms with E-state index in [9.17, 15) is 22.9 Å². The van der Waals surface area contributed by atoms with Gasteiger partial charge in [0.1, 0.15) is 6.04 Å². The van der Waals surface area contributed by atoms with Gasteiger partial charge in [-0.15, -0.1) is 0 Å². The summed E-state index contributed by atoms with van der Waals surface area (Å²) in [6, 6.07) is 3.23. The van der Waals surface area contributed by atoms with E-state index < -0.39 is 37.4 Å². The predicted molar refractivity (Wildman–Crippen MR) is 58.5 cm³/mol. The Labute approximate surface area is 102 Å². The highest BCUT2D eigenvalue weighted by Crippen LogP contribution is 2.26. The minimum absolute atomic E-state index is 0.783. The van der Waals surface area contributed by atoms with Crippen LogP contribution >= 0.6 is 0 Å². The number of halogens is 1. The standard InChI is InChI=1S/C9H8FN3O4S/c1-6(5-11)12-18(16,17)8-4-2-3-7(10)9(8)13(14)15/h2-4,6,12H,1H3. The minimum Gasteiger partial charge on any atom is -0.258 e. The van der Waals surface area contributed by atoms with Crippen LogP contribution in [0, 0.1) is 27.3 Å². The van der Waals surface area contributed by atoms with Crippen molar-refractivity contribution in [1.82, 2.24) is 4.72 Å². The van der Waals surface area contributed by atoms with Crippen LogP contribution in [0.4, 0.5) is 10.1 Å². The quantitative estimate of drug-likeness (QED) is 0.647. The molecule has 0 aromatic heterocycles. The smallest absolute Gasteiger partial charge is 0.258 e. The van der Waals surface area contributed by atoms with Crippen LogP contribution in [0.5, 0.6) is 0 Å². The minimum atomic E-state index is -4.32. The number of nitrogens with one attached hydrogen (secondary N) is 1. The monoisotopic (exact) mass is 273 g/mol. The Morgan fingerprint density at radius 1 is 1.56 bits per heavy atom. The number of rotatable bonds is 4. The Hall–Kier alpha value is -2.05. The first kappa shape index (κ1) is 14.0. The average Bonchev–Trinajstić information content (AvgIpc) is 2.27. The molecule has 1 aromatic carbocycles. The Morgan fingerprint density at radius 3 is 2.67 bits per heavy atom. The van der Waals surface area contributed by atoms with Gasteiger partial charge in [0.25, 0.3) is 0 Å². The van der Waals surface area contributed by atoms with Crippen molar-refractivity contribution in [2.45, 2.75) is 17.9 Å². The van der Waals surface area contributed by atoms with Gasteiger partial charge in [-0.3, -0.25) is 10.1 Å². The fourth-order valence-electron chi connectivity index (χ4n) is 1.21. The molecule has 18 heavy (non-hydrogen) atoms. The van der Waals surface area contributed by atoms with Crippen molar-refractivity contribution in [2.75, 3.05) is 0 Å². The Morgan fingerprint density at radius 2 is 2.17 bits per heavy atom. The second-order valence-corrected chi connectivity index (χ2v) is 5.00. The summed E-state index contributed by atoms with van der Waals surface area (Å²) in [7, 11) is -4.32. The lowest BCUT2D eigenvalue weighted by Gasteiger charge is -2.08. The fraction of sp³-hybridized carbons (Fsp3) is 0.222. The van der Waals surface area contributed by atoms with Crippen LogP contribution in [0.2, 0.25) is 0 Å². The van der Waals surface area contributed by atoms with Crippen LogP contribution in [-0.4, -0.2) is 19.4 Å². The van der Waals surface area contributed by atoms with Gasteiger partial charge in [0.2, 0.25) is 15.8 Å². The molecule has 0 fully saturated rings. The molecule has 1 unspecified atom stereocenters. The van der Waals surface area contributed by atoms with Crippen molar-refractivity contribution >= 4 is 15.7 Å². The fourth-order valence-corrected chi connectivity index (χ4v) is 2.54. The highest BCUT2D eigenvalue weighted by molar-refractivity contribution is 7.89. The van der Waals surface area contributed by atoms with Gasteiger partial charge in [-0.2, -0.15) is 14.4 Å². The molecule has 0 saturated heterocycles. The molecule has 96 valence electrons. The van der Waals surface area contributed by atoms with Crippen LogP contribution in [0.25, 0.3) is 0 Å². The number of nitrogens with zero attached hydrogens (tertiary/aromatic N) is 2. The van der Waals surface area contributed by atoms with E-state index in [0.717, 1.165) is 18.2 Å². The van der Waals surface area contributed by atoms with Crippen molar-refractivity contribution in [3.63, 3.8) is 0 Å². The first-order valence-electron chi connectivity index (χ1n) is 4.64. The number of nitro benzene ring substituents is 1. The van der Waals surface area contributed by atoms with Crippen LogP contribution in [0.3, 0.4) is 0 Å². The highest BCUT2D eigenvalue weighted by atomic mass is 32.2. The topological polar surface area (TPSA) is 113 Å². The zero-order chi connectivity index (χ0) is 13.9. The summed E-state index contributed by atoms with van der Waals surface area (Å²) in [6.45, 7) is 1.25. The summed E-state index contributed by atoms with van der Waals surface area (Å²) in [5.41, 5.74) is -1.14. The van der Waals surface area contributed by atoms with E-state index in [1.807, 2.05) is 4.72 Å². The third-order valence-electron chi connectivity index (χ3n) is 1.95.